The maximum absolute atomic E-state index is 11.6. The van der Waals surface area contributed by atoms with Gasteiger partial charge in [0.15, 0.2) is 5.78 Å². The number of Topliss-reactive ketones (excluding diaryl/α,β-unsaturated/α-hetero) is 1. The van der Waals surface area contributed by atoms with Gasteiger partial charge in [0.1, 0.15) is 11.9 Å². The number of carbonyl (C=O) groups excluding carboxylic acids is 2. The van der Waals surface area contributed by atoms with Crippen LogP contribution in [0.1, 0.15) is 32.1 Å². The Morgan fingerprint density at radius 1 is 1.47 bits per heavy atom. The van der Waals surface area contributed by atoms with Gasteiger partial charge in [0.05, 0.1) is 0 Å². The minimum absolute atomic E-state index is 0.161. The highest BCUT2D eigenvalue weighted by Crippen LogP contribution is 2.24. The summed E-state index contributed by atoms with van der Waals surface area (Å²) in [4.78, 5) is 21.7. The summed E-state index contributed by atoms with van der Waals surface area (Å²) >= 11 is 0. The maximum Gasteiger partial charge on any atom is 0.165 e. The van der Waals surface area contributed by atoms with Gasteiger partial charge in [0.2, 0.25) is 0 Å². The van der Waals surface area contributed by atoms with Gasteiger partial charge < -0.3 is 15.1 Å². The molecule has 1 fully saturated rings. The lowest BCUT2D eigenvalue weighted by Crippen LogP contribution is -2.38. The van der Waals surface area contributed by atoms with E-state index in [2.05, 4.69) is 0 Å². The lowest BCUT2D eigenvalue weighted by Gasteiger charge is -2.24. The van der Waals surface area contributed by atoms with E-state index in [0.29, 0.717) is 25.8 Å². The summed E-state index contributed by atoms with van der Waals surface area (Å²) in [6.45, 7) is 0.568. The Bertz CT molecular complexity index is 244. The van der Waals surface area contributed by atoms with E-state index >= 15 is 0 Å². The zero-order valence-corrected chi connectivity index (χ0v) is 8.69. The second kappa shape index (κ2) is 5.34. The molecule has 0 aliphatic carbocycles. The van der Waals surface area contributed by atoms with E-state index in [4.69, 9.17) is 0 Å². The average molecular weight is 215 g/mol. The number of ketones is 1. The fourth-order valence-electron chi connectivity index (χ4n) is 1.77. The van der Waals surface area contributed by atoms with E-state index in [1.54, 1.807) is 0 Å². The van der Waals surface area contributed by atoms with Gasteiger partial charge in [0, 0.05) is 25.9 Å². The molecule has 1 unspecified atom stereocenters. The molecule has 0 aromatic heterocycles. The SMILES string of the molecule is O=CCCCC1(O)CCN(O)CCC1=O. The molecule has 0 amide bonds. The van der Waals surface area contributed by atoms with E-state index in [1.165, 1.54) is 0 Å². The number of unbranched alkanes of at least 4 members (excludes halogenated alkanes) is 1. The number of hydrogen-bond acceptors (Lipinski definition) is 5. The monoisotopic (exact) mass is 215 g/mol. The molecule has 15 heavy (non-hydrogen) atoms. The third-order valence-corrected chi connectivity index (χ3v) is 2.81. The predicted molar refractivity (Wildman–Crippen MR) is 52.5 cm³/mol. The molecule has 1 atom stereocenters. The van der Waals surface area contributed by atoms with Gasteiger partial charge in [-0.1, -0.05) is 0 Å². The fraction of sp³-hybridized carbons (Fsp3) is 0.800. The summed E-state index contributed by atoms with van der Waals surface area (Å²) in [5.74, 6) is -0.232. The van der Waals surface area contributed by atoms with E-state index in [9.17, 15) is 19.9 Å². The van der Waals surface area contributed by atoms with Crippen LogP contribution in [-0.4, -0.2) is 46.1 Å². The molecule has 0 radical (unpaired) electrons. The van der Waals surface area contributed by atoms with E-state index < -0.39 is 5.60 Å². The molecule has 2 N–H and O–H groups in total. The molecule has 1 aliphatic rings. The number of rotatable bonds is 4. The summed E-state index contributed by atoms with van der Waals surface area (Å²) in [7, 11) is 0. The Morgan fingerprint density at radius 2 is 2.20 bits per heavy atom. The summed E-state index contributed by atoms with van der Waals surface area (Å²) < 4.78 is 0. The van der Waals surface area contributed by atoms with Crippen LogP contribution in [-0.2, 0) is 9.59 Å². The van der Waals surface area contributed by atoms with E-state index in [1.807, 2.05) is 0 Å². The molecular weight excluding hydrogens is 198 g/mol. The highest BCUT2D eigenvalue weighted by Gasteiger charge is 2.36. The first-order valence-corrected chi connectivity index (χ1v) is 5.21. The molecule has 1 saturated heterocycles. The summed E-state index contributed by atoms with van der Waals surface area (Å²) in [5, 5.41) is 20.3. The first kappa shape index (κ1) is 12.3. The van der Waals surface area contributed by atoms with Crippen LogP contribution in [0.25, 0.3) is 0 Å². The molecule has 1 rings (SSSR count). The Morgan fingerprint density at radius 3 is 2.87 bits per heavy atom. The van der Waals surface area contributed by atoms with Crippen LogP contribution in [0.5, 0.6) is 0 Å². The average Bonchev–Trinajstić information content (AvgIpc) is 2.33. The maximum atomic E-state index is 11.6. The van der Waals surface area contributed by atoms with Crippen LogP contribution in [0.15, 0.2) is 0 Å². The number of nitrogens with zero attached hydrogens (tertiary/aromatic N) is 1. The molecule has 1 heterocycles. The zero-order chi connectivity index (χ0) is 11.3. The highest BCUT2D eigenvalue weighted by atomic mass is 16.5. The molecular formula is C10H17NO4. The van der Waals surface area contributed by atoms with Crippen molar-refractivity contribution in [2.75, 3.05) is 13.1 Å². The second-order valence-electron chi connectivity index (χ2n) is 3.97. The van der Waals surface area contributed by atoms with Gasteiger partial charge in [-0.2, -0.15) is 5.06 Å². The first-order chi connectivity index (χ1) is 7.08. The minimum Gasteiger partial charge on any atom is -0.382 e. The van der Waals surface area contributed by atoms with Crippen molar-refractivity contribution < 1.29 is 19.9 Å². The largest absolute Gasteiger partial charge is 0.382 e. The topological polar surface area (TPSA) is 77.8 Å². The Balaban J connectivity index is 2.54. The molecule has 0 aromatic rings. The van der Waals surface area contributed by atoms with Crippen molar-refractivity contribution in [2.24, 2.45) is 0 Å². The molecule has 5 nitrogen and oxygen atoms in total. The van der Waals surface area contributed by atoms with Crippen molar-refractivity contribution in [2.45, 2.75) is 37.7 Å². The number of hydroxylamine groups is 2. The summed E-state index contributed by atoms with van der Waals surface area (Å²) in [5.41, 5.74) is -1.35. The number of aliphatic hydroxyl groups is 1. The predicted octanol–water partition coefficient (Wildman–Crippen LogP) is 0.141. The Hall–Kier alpha value is -0.780. The Labute approximate surface area is 88.6 Å². The molecule has 0 aromatic carbocycles. The van der Waals surface area contributed by atoms with Gasteiger partial charge in [-0.05, 0) is 19.3 Å². The van der Waals surface area contributed by atoms with Crippen LogP contribution < -0.4 is 0 Å². The van der Waals surface area contributed by atoms with Crippen LogP contribution in [0.3, 0.4) is 0 Å². The molecule has 86 valence electrons. The van der Waals surface area contributed by atoms with Crippen molar-refractivity contribution in [3.63, 3.8) is 0 Å². The van der Waals surface area contributed by atoms with Gasteiger partial charge in [-0.25, -0.2) is 0 Å². The van der Waals surface area contributed by atoms with Crippen molar-refractivity contribution in [1.29, 1.82) is 0 Å². The lowest BCUT2D eigenvalue weighted by molar-refractivity contribution is -0.138. The number of carbonyl (C=O) groups is 2. The standard InChI is InChI=1S/C10H17NO4/c12-8-2-1-4-10(14)5-7-11(15)6-3-9(10)13/h8,14-15H,1-7H2. The summed E-state index contributed by atoms with van der Waals surface area (Å²) in [6, 6.07) is 0. The van der Waals surface area contributed by atoms with Crippen LogP contribution in [0.2, 0.25) is 0 Å². The van der Waals surface area contributed by atoms with Crippen LogP contribution in [0.4, 0.5) is 0 Å². The first-order valence-electron chi connectivity index (χ1n) is 5.21. The minimum atomic E-state index is -1.35. The highest BCUT2D eigenvalue weighted by molar-refractivity contribution is 5.87. The Kier molecular flexibility index (Phi) is 4.38. The quantitative estimate of drug-likeness (QED) is 0.515. The summed E-state index contributed by atoms with van der Waals surface area (Å²) in [6.07, 6.45) is 2.35. The van der Waals surface area contributed by atoms with E-state index in [0.717, 1.165) is 11.3 Å². The zero-order valence-electron chi connectivity index (χ0n) is 8.69. The molecule has 0 saturated carbocycles. The third kappa shape index (κ3) is 3.37. The van der Waals surface area contributed by atoms with E-state index in [-0.39, 0.29) is 25.2 Å². The van der Waals surface area contributed by atoms with Crippen molar-refractivity contribution in [1.82, 2.24) is 5.06 Å². The van der Waals surface area contributed by atoms with Crippen molar-refractivity contribution in [3.8, 4) is 0 Å². The van der Waals surface area contributed by atoms with Gasteiger partial charge >= 0.3 is 0 Å². The van der Waals surface area contributed by atoms with Crippen LogP contribution >= 0.6 is 0 Å². The van der Waals surface area contributed by atoms with Crippen molar-refractivity contribution >= 4 is 12.1 Å². The fourth-order valence-corrected chi connectivity index (χ4v) is 1.77. The second-order valence-corrected chi connectivity index (χ2v) is 3.97. The molecule has 0 spiro atoms. The number of aldehydes is 1. The van der Waals surface area contributed by atoms with Gasteiger partial charge in [-0.3, -0.25) is 4.79 Å². The molecule has 0 bridgehead atoms. The van der Waals surface area contributed by atoms with Gasteiger partial charge in [0.25, 0.3) is 0 Å². The normalized spacial score (nSPS) is 28.8. The third-order valence-electron chi connectivity index (χ3n) is 2.81. The van der Waals surface area contributed by atoms with Gasteiger partial charge in [-0.15, -0.1) is 0 Å². The lowest BCUT2D eigenvalue weighted by atomic mass is 9.88. The number of hydrogen-bond donors (Lipinski definition) is 2. The smallest absolute Gasteiger partial charge is 0.165 e. The molecule has 1 aliphatic heterocycles. The van der Waals surface area contributed by atoms with Crippen LogP contribution in [0, 0.1) is 0 Å². The van der Waals surface area contributed by atoms with Crippen molar-refractivity contribution in [3.05, 3.63) is 0 Å². The molecule has 5 heteroatoms.